The molecule has 2 aromatic rings. The first-order valence-electron chi connectivity index (χ1n) is 5.81. The highest BCUT2D eigenvalue weighted by atomic mass is 79.9. The number of carbonyl (C=O) groups excluding carboxylic acids is 1. The summed E-state index contributed by atoms with van der Waals surface area (Å²) in [5.74, 6) is 0.320. The standard InChI is InChI=1S/C13H12BrNO3/c14-10-2-1-3-11-9(10)8-12(18-11)13(16)15-4-6-17-7-5-15/h1-3,8H,4-7H2. The highest BCUT2D eigenvalue weighted by molar-refractivity contribution is 9.10. The van der Waals surface area contributed by atoms with Crippen molar-refractivity contribution in [2.24, 2.45) is 0 Å². The molecular weight excluding hydrogens is 298 g/mol. The number of amides is 1. The van der Waals surface area contributed by atoms with Crippen molar-refractivity contribution in [1.29, 1.82) is 0 Å². The largest absolute Gasteiger partial charge is 0.451 e. The molecule has 1 aliphatic heterocycles. The fourth-order valence-electron chi connectivity index (χ4n) is 2.05. The Kier molecular flexibility index (Phi) is 3.09. The first kappa shape index (κ1) is 11.7. The Morgan fingerprint density at radius 3 is 2.78 bits per heavy atom. The number of ether oxygens (including phenoxy) is 1. The van der Waals surface area contributed by atoms with Gasteiger partial charge in [0, 0.05) is 22.9 Å². The van der Waals surface area contributed by atoms with E-state index >= 15 is 0 Å². The number of fused-ring (bicyclic) bond motifs is 1. The molecule has 0 bridgehead atoms. The molecule has 5 heteroatoms. The summed E-state index contributed by atoms with van der Waals surface area (Å²) >= 11 is 3.45. The molecule has 18 heavy (non-hydrogen) atoms. The number of hydrogen-bond donors (Lipinski definition) is 0. The van der Waals surface area contributed by atoms with Gasteiger partial charge in [0.05, 0.1) is 13.2 Å². The van der Waals surface area contributed by atoms with Gasteiger partial charge < -0.3 is 14.1 Å². The Labute approximate surface area is 113 Å². The molecule has 3 rings (SSSR count). The lowest BCUT2D eigenvalue weighted by Crippen LogP contribution is -2.40. The van der Waals surface area contributed by atoms with Crippen LogP contribution in [0, 0.1) is 0 Å². The van der Waals surface area contributed by atoms with Crippen molar-refractivity contribution < 1.29 is 13.9 Å². The molecule has 1 aliphatic rings. The Bertz CT molecular complexity index is 587. The normalized spacial score (nSPS) is 16.2. The summed E-state index contributed by atoms with van der Waals surface area (Å²) in [4.78, 5) is 14.0. The maximum Gasteiger partial charge on any atom is 0.289 e. The SMILES string of the molecule is O=C(c1cc2c(Br)cccc2o1)N1CCOCC1. The minimum absolute atomic E-state index is 0.0681. The van der Waals surface area contributed by atoms with E-state index in [9.17, 15) is 4.79 Å². The molecule has 94 valence electrons. The topological polar surface area (TPSA) is 42.7 Å². The fourth-order valence-corrected chi connectivity index (χ4v) is 2.52. The molecule has 0 N–H and O–H groups in total. The van der Waals surface area contributed by atoms with Crippen molar-refractivity contribution in [3.8, 4) is 0 Å². The smallest absolute Gasteiger partial charge is 0.289 e. The third kappa shape index (κ3) is 2.04. The second-order valence-corrected chi connectivity index (χ2v) is 5.02. The summed E-state index contributed by atoms with van der Waals surface area (Å²) in [6.07, 6.45) is 0. The molecule has 1 saturated heterocycles. The molecule has 2 heterocycles. The average Bonchev–Trinajstić information content (AvgIpc) is 2.84. The van der Waals surface area contributed by atoms with Crippen molar-refractivity contribution in [2.45, 2.75) is 0 Å². The van der Waals surface area contributed by atoms with Gasteiger partial charge in [-0.2, -0.15) is 0 Å². The Morgan fingerprint density at radius 2 is 2.06 bits per heavy atom. The Hall–Kier alpha value is -1.33. The van der Waals surface area contributed by atoms with Gasteiger partial charge in [0.1, 0.15) is 5.58 Å². The number of furan rings is 1. The van der Waals surface area contributed by atoms with Crippen molar-refractivity contribution in [1.82, 2.24) is 4.90 Å². The predicted molar refractivity (Wildman–Crippen MR) is 70.6 cm³/mol. The minimum atomic E-state index is -0.0681. The van der Waals surface area contributed by atoms with E-state index < -0.39 is 0 Å². The molecule has 0 unspecified atom stereocenters. The van der Waals surface area contributed by atoms with E-state index in [2.05, 4.69) is 15.9 Å². The summed E-state index contributed by atoms with van der Waals surface area (Å²) in [5, 5.41) is 0.925. The van der Waals surface area contributed by atoms with Crippen LogP contribution < -0.4 is 0 Å². The summed E-state index contributed by atoms with van der Waals surface area (Å²) in [5.41, 5.74) is 0.723. The van der Waals surface area contributed by atoms with E-state index in [1.165, 1.54) is 0 Å². The quantitative estimate of drug-likeness (QED) is 0.813. The van der Waals surface area contributed by atoms with E-state index in [1.807, 2.05) is 18.2 Å². The van der Waals surface area contributed by atoms with E-state index in [1.54, 1.807) is 11.0 Å². The lowest BCUT2D eigenvalue weighted by atomic mass is 10.2. The molecule has 1 aromatic carbocycles. The van der Waals surface area contributed by atoms with Gasteiger partial charge in [0.15, 0.2) is 5.76 Å². The molecule has 1 aromatic heterocycles. The first-order chi connectivity index (χ1) is 8.75. The number of morpholine rings is 1. The van der Waals surface area contributed by atoms with Crippen molar-refractivity contribution in [2.75, 3.05) is 26.3 Å². The predicted octanol–water partition coefficient (Wildman–Crippen LogP) is 2.67. The van der Waals surface area contributed by atoms with Gasteiger partial charge in [-0.1, -0.05) is 22.0 Å². The molecular formula is C13H12BrNO3. The summed E-state index contributed by atoms with van der Waals surface area (Å²) in [7, 11) is 0. The van der Waals surface area contributed by atoms with Crippen LogP contribution in [-0.4, -0.2) is 37.1 Å². The lowest BCUT2D eigenvalue weighted by molar-refractivity contribution is 0.0284. The van der Waals surface area contributed by atoms with Crippen LogP contribution in [0.2, 0.25) is 0 Å². The average molecular weight is 310 g/mol. The van der Waals surface area contributed by atoms with E-state index in [0.29, 0.717) is 32.1 Å². The molecule has 0 aliphatic carbocycles. The lowest BCUT2D eigenvalue weighted by Gasteiger charge is -2.25. The number of rotatable bonds is 1. The van der Waals surface area contributed by atoms with Crippen LogP contribution in [0.25, 0.3) is 11.0 Å². The number of hydrogen-bond acceptors (Lipinski definition) is 3. The van der Waals surface area contributed by atoms with Crippen LogP contribution in [0.1, 0.15) is 10.6 Å². The second kappa shape index (κ2) is 4.74. The minimum Gasteiger partial charge on any atom is -0.451 e. The summed E-state index contributed by atoms with van der Waals surface area (Å²) in [6, 6.07) is 7.47. The van der Waals surface area contributed by atoms with Crippen LogP contribution in [-0.2, 0) is 4.74 Å². The zero-order chi connectivity index (χ0) is 12.5. The second-order valence-electron chi connectivity index (χ2n) is 4.17. The van der Waals surface area contributed by atoms with E-state index in [-0.39, 0.29) is 5.91 Å². The maximum atomic E-state index is 12.2. The van der Waals surface area contributed by atoms with Crippen molar-refractivity contribution in [3.63, 3.8) is 0 Å². The number of benzene rings is 1. The molecule has 1 amide bonds. The number of halogens is 1. The molecule has 4 nitrogen and oxygen atoms in total. The van der Waals surface area contributed by atoms with Gasteiger partial charge in [-0.05, 0) is 18.2 Å². The summed E-state index contributed by atoms with van der Waals surface area (Å²) < 4.78 is 11.8. The number of carbonyl (C=O) groups is 1. The third-order valence-electron chi connectivity index (χ3n) is 3.02. The zero-order valence-electron chi connectivity index (χ0n) is 9.69. The Balaban J connectivity index is 1.94. The molecule has 1 fully saturated rings. The van der Waals surface area contributed by atoms with E-state index in [4.69, 9.17) is 9.15 Å². The van der Waals surface area contributed by atoms with Gasteiger partial charge >= 0.3 is 0 Å². The third-order valence-corrected chi connectivity index (χ3v) is 3.71. The van der Waals surface area contributed by atoms with Gasteiger partial charge in [-0.25, -0.2) is 0 Å². The first-order valence-corrected chi connectivity index (χ1v) is 6.60. The highest BCUT2D eigenvalue weighted by Gasteiger charge is 2.22. The molecule has 0 radical (unpaired) electrons. The van der Waals surface area contributed by atoms with Crippen LogP contribution in [0.15, 0.2) is 33.2 Å². The van der Waals surface area contributed by atoms with Gasteiger partial charge in [-0.3, -0.25) is 4.79 Å². The fraction of sp³-hybridized carbons (Fsp3) is 0.308. The number of nitrogens with zero attached hydrogens (tertiary/aromatic N) is 1. The highest BCUT2D eigenvalue weighted by Crippen LogP contribution is 2.27. The van der Waals surface area contributed by atoms with Gasteiger partial charge in [-0.15, -0.1) is 0 Å². The van der Waals surface area contributed by atoms with E-state index in [0.717, 1.165) is 15.4 Å². The van der Waals surface area contributed by atoms with Crippen LogP contribution in [0.5, 0.6) is 0 Å². The maximum absolute atomic E-state index is 12.2. The van der Waals surface area contributed by atoms with Gasteiger partial charge in [0.25, 0.3) is 5.91 Å². The summed E-state index contributed by atoms with van der Waals surface area (Å²) in [6.45, 7) is 2.43. The van der Waals surface area contributed by atoms with Crippen LogP contribution in [0.3, 0.4) is 0 Å². The van der Waals surface area contributed by atoms with Crippen molar-refractivity contribution >= 4 is 32.8 Å². The molecule has 0 atom stereocenters. The van der Waals surface area contributed by atoms with Crippen molar-refractivity contribution in [3.05, 3.63) is 34.5 Å². The Morgan fingerprint density at radius 1 is 1.28 bits per heavy atom. The zero-order valence-corrected chi connectivity index (χ0v) is 11.3. The monoisotopic (exact) mass is 309 g/mol. The van der Waals surface area contributed by atoms with Crippen LogP contribution in [0.4, 0.5) is 0 Å². The van der Waals surface area contributed by atoms with Gasteiger partial charge in [0.2, 0.25) is 0 Å². The van der Waals surface area contributed by atoms with Crippen LogP contribution >= 0.6 is 15.9 Å². The molecule has 0 spiro atoms. The molecule has 0 saturated carbocycles.